The van der Waals surface area contributed by atoms with Crippen LogP contribution in [-0.4, -0.2) is 25.7 Å². The molecule has 1 amide bonds. The van der Waals surface area contributed by atoms with Gasteiger partial charge in [-0.15, -0.1) is 0 Å². The molecule has 0 fully saturated rings. The first-order valence-electron chi connectivity index (χ1n) is 5.67. The quantitative estimate of drug-likeness (QED) is 0.816. The van der Waals surface area contributed by atoms with Crippen molar-refractivity contribution >= 4 is 11.6 Å². The highest BCUT2D eigenvalue weighted by molar-refractivity contribution is 5.92. The van der Waals surface area contributed by atoms with Crippen LogP contribution in [0.5, 0.6) is 0 Å². The lowest BCUT2D eigenvalue weighted by Crippen LogP contribution is -2.28. The average molecular weight is 236 g/mol. The van der Waals surface area contributed by atoms with Crippen molar-refractivity contribution in [1.82, 2.24) is 0 Å². The molecule has 0 radical (unpaired) electrons. The molecule has 4 nitrogen and oxygen atoms in total. The molecule has 0 aliphatic heterocycles. The Hall–Kier alpha value is -1.39. The second kappa shape index (κ2) is 6.37. The van der Waals surface area contributed by atoms with E-state index < -0.39 is 0 Å². The maximum absolute atomic E-state index is 11.8. The summed E-state index contributed by atoms with van der Waals surface area (Å²) in [7, 11) is 1.56. The number of benzene rings is 1. The molecule has 0 aromatic heterocycles. The van der Waals surface area contributed by atoms with Crippen molar-refractivity contribution in [3.05, 3.63) is 29.3 Å². The highest BCUT2D eigenvalue weighted by Gasteiger charge is 2.13. The molecule has 0 saturated heterocycles. The topological polar surface area (TPSA) is 64.3 Å². The molecular formula is C13H20N2O2. The lowest BCUT2D eigenvalue weighted by molar-refractivity contribution is -0.118. The van der Waals surface area contributed by atoms with Gasteiger partial charge in [-0.25, -0.2) is 0 Å². The number of carbonyl (C=O) groups excluding carboxylic acids is 1. The number of hydrogen-bond acceptors (Lipinski definition) is 3. The second-order valence-electron chi connectivity index (χ2n) is 4.11. The van der Waals surface area contributed by atoms with E-state index in [4.69, 9.17) is 10.5 Å². The van der Waals surface area contributed by atoms with Gasteiger partial charge in [0, 0.05) is 19.3 Å². The lowest BCUT2D eigenvalue weighted by Gasteiger charge is -2.15. The predicted molar refractivity (Wildman–Crippen MR) is 69.0 cm³/mol. The van der Waals surface area contributed by atoms with Crippen LogP contribution in [0.3, 0.4) is 0 Å². The number of nitrogens with one attached hydrogen (secondary N) is 1. The molecule has 1 aromatic carbocycles. The van der Waals surface area contributed by atoms with Crippen LogP contribution >= 0.6 is 0 Å². The van der Waals surface area contributed by atoms with Crippen molar-refractivity contribution in [3.63, 3.8) is 0 Å². The number of para-hydroxylation sites is 1. The van der Waals surface area contributed by atoms with Crippen LogP contribution in [0.25, 0.3) is 0 Å². The third-order valence-electron chi connectivity index (χ3n) is 2.75. The molecule has 94 valence electrons. The fraction of sp³-hybridized carbons (Fsp3) is 0.462. The van der Waals surface area contributed by atoms with Crippen molar-refractivity contribution in [3.8, 4) is 0 Å². The van der Waals surface area contributed by atoms with Crippen LogP contribution in [0.2, 0.25) is 0 Å². The van der Waals surface area contributed by atoms with Gasteiger partial charge >= 0.3 is 0 Å². The average Bonchev–Trinajstić information content (AvgIpc) is 2.31. The van der Waals surface area contributed by atoms with Gasteiger partial charge in [0.1, 0.15) is 0 Å². The minimum Gasteiger partial charge on any atom is -0.380 e. The van der Waals surface area contributed by atoms with Crippen molar-refractivity contribution < 1.29 is 9.53 Å². The van der Waals surface area contributed by atoms with E-state index in [0.29, 0.717) is 6.54 Å². The Morgan fingerprint density at radius 2 is 2.00 bits per heavy atom. The Balaban J connectivity index is 2.68. The van der Waals surface area contributed by atoms with E-state index in [-0.39, 0.29) is 18.4 Å². The summed E-state index contributed by atoms with van der Waals surface area (Å²) in [5.41, 5.74) is 8.47. The van der Waals surface area contributed by atoms with E-state index in [1.807, 2.05) is 32.0 Å². The largest absolute Gasteiger partial charge is 0.380 e. The molecule has 0 aliphatic carbocycles. The molecule has 1 rings (SSSR count). The van der Waals surface area contributed by atoms with Gasteiger partial charge in [0.15, 0.2) is 0 Å². The first-order chi connectivity index (χ1) is 8.08. The van der Waals surface area contributed by atoms with Crippen molar-refractivity contribution in [1.29, 1.82) is 0 Å². The zero-order chi connectivity index (χ0) is 12.8. The minimum absolute atomic E-state index is 0.0697. The molecule has 4 heteroatoms. The van der Waals surface area contributed by atoms with Crippen LogP contribution in [0, 0.1) is 13.8 Å². The van der Waals surface area contributed by atoms with Crippen molar-refractivity contribution in [2.24, 2.45) is 5.73 Å². The van der Waals surface area contributed by atoms with E-state index >= 15 is 0 Å². The van der Waals surface area contributed by atoms with Gasteiger partial charge in [0.25, 0.3) is 0 Å². The van der Waals surface area contributed by atoms with Gasteiger partial charge in [-0.05, 0) is 25.0 Å². The fourth-order valence-corrected chi connectivity index (χ4v) is 1.67. The smallest absolute Gasteiger partial charge is 0.227 e. The minimum atomic E-state index is -0.223. The monoisotopic (exact) mass is 236 g/mol. The maximum atomic E-state index is 11.8. The zero-order valence-corrected chi connectivity index (χ0v) is 10.6. The maximum Gasteiger partial charge on any atom is 0.227 e. The SMILES string of the molecule is COC(CN)CC(=O)Nc1c(C)cccc1C. The first-order valence-corrected chi connectivity index (χ1v) is 5.67. The molecule has 0 spiro atoms. The molecule has 1 unspecified atom stereocenters. The van der Waals surface area contributed by atoms with Crippen molar-refractivity contribution in [2.45, 2.75) is 26.4 Å². The van der Waals surface area contributed by atoms with Gasteiger partial charge in [0.2, 0.25) is 5.91 Å². The number of anilines is 1. The Morgan fingerprint density at radius 3 is 2.47 bits per heavy atom. The number of nitrogens with two attached hydrogens (primary N) is 1. The summed E-state index contributed by atoms with van der Waals surface area (Å²) in [6.45, 7) is 4.29. The second-order valence-corrected chi connectivity index (χ2v) is 4.11. The summed E-state index contributed by atoms with van der Waals surface area (Å²) in [4.78, 5) is 11.8. The number of aryl methyl sites for hydroxylation is 2. The summed E-state index contributed by atoms with van der Waals surface area (Å²) >= 11 is 0. The molecular weight excluding hydrogens is 216 g/mol. The van der Waals surface area contributed by atoms with E-state index in [1.54, 1.807) is 7.11 Å². The highest BCUT2D eigenvalue weighted by Crippen LogP contribution is 2.19. The number of methoxy groups -OCH3 is 1. The van der Waals surface area contributed by atoms with Crippen molar-refractivity contribution in [2.75, 3.05) is 19.0 Å². The Morgan fingerprint density at radius 1 is 1.41 bits per heavy atom. The Kier molecular flexibility index (Phi) is 5.12. The number of hydrogen-bond donors (Lipinski definition) is 2. The summed E-state index contributed by atoms with van der Waals surface area (Å²) < 4.78 is 5.08. The highest BCUT2D eigenvalue weighted by atomic mass is 16.5. The standard InChI is InChI=1S/C13H20N2O2/c1-9-5-4-6-10(2)13(9)15-12(16)7-11(8-14)17-3/h4-6,11H,7-8,14H2,1-3H3,(H,15,16). The number of rotatable bonds is 5. The zero-order valence-electron chi connectivity index (χ0n) is 10.6. The molecule has 0 saturated carbocycles. The van der Waals surface area contributed by atoms with E-state index in [9.17, 15) is 4.79 Å². The molecule has 0 heterocycles. The van der Waals surface area contributed by atoms with Gasteiger partial charge in [0.05, 0.1) is 12.5 Å². The number of ether oxygens (including phenoxy) is 1. The fourth-order valence-electron chi connectivity index (χ4n) is 1.67. The van der Waals surface area contributed by atoms with Crippen LogP contribution < -0.4 is 11.1 Å². The molecule has 1 aromatic rings. The molecule has 17 heavy (non-hydrogen) atoms. The summed E-state index contributed by atoms with van der Waals surface area (Å²) in [6, 6.07) is 5.91. The normalized spacial score (nSPS) is 12.2. The van der Waals surface area contributed by atoms with Gasteiger partial charge < -0.3 is 15.8 Å². The van der Waals surface area contributed by atoms with E-state index in [1.165, 1.54) is 0 Å². The van der Waals surface area contributed by atoms with Crippen LogP contribution in [-0.2, 0) is 9.53 Å². The predicted octanol–water partition coefficient (Wildman–Crippen LogP) is 1.61. The Labute approximate surface area is 102 Å². The third-order valence-corrected chi connectivity index (χ3v) is 2.75. The van der Waals surface area contributed by atoms with Crippen LogP contribution in [0.4, 0.5) is 5.69 Å². The molecule has 0 bridgehead atoms. The number of amides is 1. The summed E-state index contributed by atoms with van der Waals surface area (Å²) in [6.07, 6.45) is 0.0557. The number of carbonyl (C=O) groups is 1. The molecule has 3 N–H and O–H groups in total. The summed E-state index contributed by atoms with van der Waals surface area (Å²) in [5.74, 6) is -0.0697. The molecule has 1 atom stereocenters. The van der Waals surface area contributed by atoms with Gasteiger partial charge in [-0.1, -0.05) is 18.2 Å². The van der Waals surface area contributed by atoms with Gasteiger partial charge in [-0.2, -0.15) is 0 Å². The summed E-state index contributed by atoms with van der Waals surface area (Å²) in [5, 5.41) is 2.90. The first kappa shape index (κ1) is 13.7. The third kappa shape index (κ3) is 3.84. The van der Waals surface area contributed by atoms with Crippen LogP contribution in [0.15, 0.2) is 18.2 Å². The van der Waals surface area contributed by atoms with Gasteiger partial charge in [-0.3, -0.25) is 4.79 Å². The Bertz CT molecular complexity index is 367. The molecule has 0 aliphatic rings. The van der Waals surface area contributed by atoms with E-state index in [0.717, 1.165) is 16.8 Å². The van der Waals surface area contributed by atoms with Crippen LogP contribution in [0.1, 0.15) is 17.5 Å². The lowest BCUT2D eigenvalue weighted by atomic mass is 10.1. The van der Waals surface area contributed by atoms with E-state index in [2.05, 4.69) is 5.32 Å².